The molecule has 1 unspecified atom stereocenters. The first-order chi connectivity index (χ1) is 32.7. The lowest BCUT2D eigenvalue weighted by Crippen LogP contribution is -2.33. The second kappa shape index (κ2) is 15.7. The highest BCUT2D eigenvalue weighted by Crippen LogP contribution is 2.50. The molecule has 1 heterocycles. The molecule has 1 atom stereocenters. The molecule has 0 saturated heterocycles. The minimum Gasteiger partial charge on any atom is -0.344 e. The maximum absolute atomic E-state index is 5.41. The Hall–Kier alpha value is -8.40. The van der Waals surface area contributed by atoms with Crippen molar-refractivity contribution in [2.45, 2.75) is 19.0 Å². The zero-order valence-corrected chi connectivity index (χ0v) is 36.2. The van der Waals surface area contributed by atoms with Crippen LogP contribution in [0.2, 0.25) is 0 Å². The smallest absolute Gasteiger partial charge is 0.159 e. The summed E-state index contributed by atoms with van der Waals surface area (Å²) >= 11 is 0. The van der Waals surface area contributed by atoms with Crippen LogP contribution in [-0.4, -0.2) is 11.7 Å². The molecular weight excluding hydrogens is 799 g/mol. The van der Waals surface area contributed by atoms with Crippen molar-refractivity contribution in [2.75, 3.05) is 0 Å². The third kappa shape index (κ3) is 6.35. The first-order valence-electron chi connectivity index (χ1n) is 23.0. The third-order valence-corrected chi connectivity index (χ3v) is 13.8. The minimum atomic E-state index is -0.378. The Morgan fingerprint density at radius 2 is 0.924 bits per heavy atom. The van der Waals surface area contributed by atoms with Crippen LogP contribution in [0.4, 0.5) is 0 Å². The Morgan fingerprint density at radius 1 is 0.409 bits per heavy atom. The first-order valence-corrected chi connectivity index (χ1v) is 23.0. The molecule has 3 nitrogen and oxygen atoms in total. The molecule has 310 valence electrons. The van der Waals surface area contributed by atoms with Gasteiger partial charge >= 0.3 is 0 Å². The van der Waals surface area contributed by atoms with E-state index in [1.165, 1.54) is 99.1 Å². The van der Waals surface area contributed by atoms with E-state index in [2.05, 4.69) is 218 Å². The van der Waals surface area contributed by atoms with Crippen LogP contribution >= 0.6 is 0 Å². The molecule has 3 aliphatic rings. The van der Waals surface area contributed by atoms with Gasteiger partial charge in [-0.05, 0) is 130 Å². The molecule has 66 heavy (non-hydrogen) atoms. The lowest BCUT2D eigenvalue weighted by molar-refractivity contribution is 0.684. The highest BCUT2D eigenvalue weighted by molar-refractivity contribution is 6.19. The SMILES string of the molecule is C1=C(c2cc(-c3ccccc3)cc(-c3ccccc3)c2)c2ccc3ccc(-c4c5ccccc5c(C5N=C(c6ccccc6)N=C(c6ccccc6)N5)c5ccccc45)c4c3c2C(=CC4)C1. The number of allylic oxidation sites excluding steroid dienone is 3. The zero-order chi connectivity index (χ0) is 43.6. The quantitative estimate of drug-likeness (QED) is 0.159. The van der Waals surface area contributed by atoms with Crippen molar-refractivity contribution in [3.05, 3.63) is 263 Å². The fourth-order valence-electron chi connectivity index (χ4n) is 10.8. The van der Waals surface area contributed by atoms with Crippen molar-refractivity contribution in [1.29, 1.82) is 0 Å². The topological polar surface area (TPSA) is 36.8 Å². The standard InChI is InChI=1S/C63H43N3/c1-5-17-40(18-6-1)46-37-47(41-19-7-2-8-20-41)39-48(38-46)49-33-29-42-31-35-55-56(36-32-43-30-34-54(49)57(42)58(43)55)59-50-25-13-15-27-52(50)60(53-28-16-14-26-51(53)59)63-65-61(44-21-9-3-10-22-44)64-62(66-63)45-23-11-4-12-24-45/h1-28,30-34,36-39,63H,29,35H2,(H,64,65,66). The average molecular weight is 842 g/mol. The molecule has 3 heteroatoms. The maximum atomic E-state index is 5.41. The second-order valence-corrected chi connectivity index (χ2v) is 17.5. The molecule has 0 saturated carbocycles. The van der Waals surface area contributed by atoms with Crippen molar-refractivity contribution in [3.63, 3.8) is 0 Å². The Labute approximate surface area is 384 Å². The number of amidine groups is 2. The molecule has 0 aromatic heterocycles. The maximum Gasteiger partial charge on any atom is 0.159 e. The Morgan fingerprint density at radius 3 is 1.53 bits per heavy atom. The number of fused-ring (bicyclic) bond motifs is 2. The van der Waals surface area contributed by atoms with Gasteiger partial charge in [0.25, 0.3) is 0 Å². The van der Waals surface area contributed by atoms with Gasteiger partial charge < -0.3 is 5.32 Å². The number of benzene rings is 10. The predicted octanol–water partition coefficient (Wildman–Crippen LogP) is 15.4. The predicted molar refractivity (Wildman–Crippen MR) is 277 cm³/mol. The van der Waals surface area contributed by atoms with Gasteiger partial charge in [-0.2, -0.15) is 0 Å². The molecule has 0 fully saturated rings. The number of hydrogen-bond acceptors (Lipinski definition) is 3. The molecule has 1 N–H and O–H groups in total. The molecule has 0 amide bonds. The van der Waals surface area contributed by atoms with Crippen LogP contribution in [0.3, 0.4) is 0 Å². The van der Waals surface area contributed by atoms with Gasteiger partial charge in [-0.15, -0.1) is 0 Å². The van der Waals surface area contributed by atoms with Crippen LogP contribution < -0.4 is 5.32 Å². The normalized spacial score (nSPS) is 15.2. The van der Waals surface area contributed by atoms with E-state index in [4.69, 9.17) is 9.98 Å². The van der Waals surface area contributed by atoms with Crippen LogP contribution in [0.25, 0.3) is 76.8 Å². The van der Waals surface area contributed by atoms with Crippen LogP contribution in [0, 0.1) is 0 Å². The van der Waals surface area contributed by atoms with Crippen LogP contribution in [0.15, 0.2) is 234 Å². The first kappa shape index (κ1) is 38.1. The zero-order valence-electron chi connectivity index (χ0n) is 36.2. The molecule has 10 aromatic carbocycles. The van der Waals surface area contributed by atoms with E-state index in [0.717, 1.165) is 41.2 Å². The molecule has 0 bridgehead atoms. The van der Waals surface area contributed by atoms with Crippen molar-refractivity contribution >= 4 is 55.1 Å². The molecular formula is C63H43N3. The van der Waals surface area contributed by atoms with Gasteiger partial charge in [0.05, 0.1) is 0 Å². The van der Waals surface area contributed by atoms with Gasteiger partial charge in [-0.25, -0.2) is 9.98 Å². The monoisotopic (exact) mass is 841 g/mol. The fraction of sp³-hybridized carbons (Fsp3) is 0.0476. The van der Waals surface area contributed by atoms with E-state index >= 15 is 0 Å². The number of aliphatic imine (C=N–C) groups is 2. The van der Waals surface area contributed by atoms with Gasteiger partial charge in [0.1, 0.15) is 12.0 Å². The summed E-state index contributed by atoms with van der Waals surface area (Å²) in [6, 6.07) is 76.8. The summed E-state index contributed by atoms with van der Waals surface area (Å²) in [4.78, 5) is 10.5. The molecule has 13 rings (SSSR count). The van der Waals surface area contributed by atoms with Gasteiger partial charge in [0, 0.05) is 16.7 Å². The van der Waals surface area contributed by atoms with Crippen LogP contribution in [0.1, 0.15) is 51.5 Å². The van der Waals surface area contributed by atoms with E-state index < -0.39 is 0 Å². The number of hydrogen-bond donors (Lipinski definition) is 1. The lowest BCUT2D eigenvalue weighted by atomic mass is 9.75. The summed E-state index contributed by atoms with van der Waals surface area (Å²) in [5, 5.41) is 11.3. The third-order valence-electron chi connectivity index (χ3n) is 13.8. The van der Waals surface area contributed by atoms with E-state index in [1.807, 2.05) is 12.1 Å². The summed E-state index contributed by atoms with van der Waals surface area (Å²) in [7, 11) is 0. The summed E-state index contributed by atoms with van der Waals surface area (Å²) in [6.07, 6.45) is 6.36. The van der Waals surface area contributed by atoms with E-state index in [-0.39, 0.29) is 6.17 Å². The van der Waals surface area contributed by atoms with Crippen LogP contribution in [0.5, 0.6) is 0 Å². The summed E-state index contributed by atoms with van der Waals surface area (Å²) < 4.78 is 0. The molecule has 10 aromatic rings. The summed E-state index contributed by atoms with van der Waals surface area (Å²) in [5.41, 5.74) is 18.7. The van der Waals surface area contributed by atoms with Gasteiger partial charge in [-0.3, -0.25) is 0 Å². The fourth-order valence-corrected chi connectivity index (χ4v) is 10.8. The molecule has 0 radical (unpaired) electrons. The Kier molecular flexibility index (Phi) is 9.06. The number of nitrogens with zero attached hydrogens (tertiary/aromatic N) is 2. The lowest BCUT2D eigenvalue weighted by Gasteiger charge is -2.29. The summed E-state index contributed by atoms with van der Waals surface area (Å²) in [6.45, 7) is 0. The molecule has 2 aliphatic carbocycles. The number of nitrogens with one attached hydrogen (secondary N) is 1. The number of rotatable bonds is 7. The molecule has 1 aliphatic heterocycles. The van der Waals surface area contributed by atoms with Crippen molar-refractivity contribution in [1.82, 2.24) is 5.32 Å². The second-order valence-electron chi connectivity index (χ2n) is 17.5. The molecule has 0 spiro atoms. The highest BCUT2D eigenvalue weighted by Gasteiger charge is 2.30. The highest BCUT2D eigenvalue weighted by atomic mass is 15.2. The average Bonchev–Trinajstić information content (AvgIpc) is 3.40. The largest absolute Gasteiger partial charge is 0.344 e. The van der Waals surface area contributed by atoms with Crippen molar-refractivity contribution in [3.8, 4) is 33.4 Å². The Balaban J connectivity index is 0.999. The van der Waals surface area contributed by atoms with Crippen LogP contribution in [-0.2, 0) is 6.42 Å². The van der Waals surface area contributed by atoms with E-state index in [1.54, 1.807) is 0 Å². The van der Waals surface area contributed by atoms with Crippen molar-refractivity contribution in [2.24, 2.45) is 9.98 Å². The Bertz CT molecular complexity index is 3580. The van der Waals surface area contributed by atoms with Gasteiger partial charge in [-0.1, -0.05) is 206 Å². The van der Waals surface area contributed by atoms with Gasteiger partial charge in [0.2, 0.25) is 0 Å². The van der Waals surface area contributed by atoms with E-state index in [9.17, 15) is 0 Å². The minimum absolute atomic E-state index is 0.378. The van der Waals surface area contributed by atoms with Crippen molar-refractivity contribution < 1.29 is 0 Å². The summed E-state index contributed by atoms with van der Waals surface area (Å²) in [5.74, 6) is 1.53. The van der Waals surface area contributed by atoms with E-state index in [0.29, 0.717) is 0 Å². The van der Waals surface area contributed by atoms with Gasteiger partial charge in [0.15, 0.2) is 5.84 Å².